The maximum Gasteiger partial charge on any atom is 0.330 e. The van der Waals surface area contributed by atoms with Gasteiger partial charge < -0.3 is 37.8 Å². The van der Waals surface area contributed by atoms with Crippen molar-refractivity contribution in [3.05, 3.63) is 0 Å². The molecule has 0 aromatic carbocycles. The van der Waals surface area contributed by atoms with Crippen molar-refractivity contribution in [2.45, 2.75) is 26.4 Å². The van der Waals surface area contributed by atoms with Gasteiger partial charge in [-0.3, -0.25) is 9.13 Å². The minimum absolute atomic E-state index is 0.0639. The van der Waals surface area contributed by atoms with E-state index in [9.17, 15) is 18.9 Å². The molecule has 2 N–H and O–H groups in total. The SMILES string of the molecule is CCP(=O)(O)OCCOCCOCCOCCOCCOP(=O)(O)C(C)C. The van der Waals surface area contributed by atoms with Crippen molar-refractivity contribution >= 4 is 15.2 Å². The molecule has 2 unspecified atom stereocenters. The van der Waals surface area contributed by atoms with E-state index in [-0.39, 0.29) is 32.6 Å². The van der Waals surface area contributed by atoms with Gasteiger partial charge in [0.15, 0.2) is 0 Å². The first-order valence-electron chi connectivity index (χ1n) is 8.95. The normalized spacial score (nSPS) is 16.4. The Labute approximate surface area is 161 Å². The van der Waals surface area contributed by atoms with Crippen LogP contribution in [0.5, 0.6) is 0 Å². The minimum atomic E-state index is -3.53. The molecule has 0 fully saturated rings. The zero-order valence-corrected chi connectivity index (χ0v) is 18.2. The van der Waals surface area contributed by atoms with E-state index in [0.29, 0.717) is 39.6 Å². The maximum atomic E-state index is 11.5. The highest BCUT2D eigenvalue weighted by molar-refractivity contribution is 7.53. The Bertz CT molecular complexity index is 446. The fraction of sp³-hybridized carbons (Fsp3) is 1.00. The molecule has 2 atom stereocenters. The maximum absolute atomic E-state index is 11.5. The van der Waals surface area contributed by atoms with E-state index < -0.39 is 20.9 Å². The molecule has 0 aliphatic rings. The molecular formula is C15H34O10P2. The Kier molecular flexibility index (Phi) is 16.1. The molecule has 164 valence electrons. The third-order valence-corrected chi connectivity index (χ3v) is 6.44. The summed E-state index contributed by atoms with van der Waals surface area (Å²) in [6, 6.07) is 0. The third kappa shape index (κ3) is 16.8. The molecule has 0 bridgehead atoms. The average molecular weight is 436 g/mol. The third-order valence-electron chi connectivity index (χ3n) is 3.19. The zero-order chi connectivity index (χ0) is 20.6. The van der Waals surface area contributed by atoms with Crippen LogP contribution in [-0.4, -0.2) is 87.7 Å². The molecule has 0 saturated heterocycles. The molecule has 0 radical (unpaired) electrons. The van der Waals surface area contributed by atoms with Crippen LogP contribution in [0.2, 0.25) is 0 Å². The summed E-state index contributed by atoms with van der Waals surface area (Å²) in [5, 5.41) is 0. The van der Waals surface area contributed by atoms with Crippen molar-refractivity contribution in [2.75, 3.05) is 72.2 Å². The van der Waals surface area contributed by atoms with Crippen LogP contribution in [-0.2, 0) is 37.1 Å². The van der Waals surface area contributed by atoms with Crippen LogP contribution in [0, 0.1) is 0 Å². The van der Waals surface area contributed by atoms with E-state index in [1.54, 1.807) is 20.8 Å². The summed E-state index contributed by atoms with van der Waals surface area (Å²) in [6.45, 7) is 7.74. The highest BCUT2D eigenvalue weighted by Gasteiger charge is 2.23. The second-order valence-corrected chi connectivity index (χ2v) is 10.3. The van der Waals surface area contributed by atoms with E-state index >= 15 is 0 Å². The Morgan fingerprint density at radius 1 is 0.667 bits per heavy atom. The smallest absolute Gasteiger partial charge is 0.330 e. The van der Waals surface area contributed by atoms with Gasteiger partial charge >= 0.3 is 15.2 Å². The number of hydrogen-bond donors (Lipinski definition) is 2. The number of ether oxygens (including phenoxy) is 4. The molecule has 0 spiro atoms. The van der Waals surface area contributed by atoms with E-state index in [4.69, 9.17) is 28.0 Å². The highest BCUT2D eigenvalue weighted by Crippen LogP contribution is 2.46. The Morgan fingerprint density at radius 3 is 1.33 bits per heavy atom. The Morgan fingerprint density at radius 2 is 1.00 bits per heavy atom. The minimum Gasteiger partial charge on any atom is -0.377 e. The van der Waals surface area contributed by atoms with Gasteiger partial charge in [0.1, 0.15) is 0 Å². The Balaban J connectivity index is 3.24. The van der Waals surface area contributed by atoms with Crippen LogP contribution in [0.4, 0.5) is 0 Å². The first kappa shape index (κ1) is 27.1. The molecule has 27 heavy (non-hydrogen) atoms. The summed E-state index contributed by atoms with van der Waals surface area (Å²) in [5.41, 5.74) is -0.431. The first-order chi connectivity index (χ1) is 12.7. The number of rotatable bonds is 19. The van der Waals surface area contributed by atoms with Gasteiger partial charge in [0, 0.05) is 6.16 Å². The van der Waals surface area contributed by atoms with Gasteiger partial charge in [0.25, 0.3) is 0 Å². The van der Waals surface area contributed by atoms with E-state index in [1.165, 1.54) is 0 Å². The topological polar surface area (TPSA) is 130 Å². The van der Waals surface area contributed by atoms with Crippen molar-refractivity contribution in [3.63, 3.8) is 0 Å². The van der Waals surface area contributed by atoms with Gasteiger partial charge in [-0.05, 0) is 0 Å². The lowest BCUT2D eigenvalue weighted by Crippen LogP contribution is -2.14. The van der Waals surface area contributed by atoms with Gasteiger partial charge in [0.05, 0.1) is 71.7 Å². The van der Waals surface area contributed by atoms with Crippen molar-refractivity contribution < 1.29 is 46.9 Å². The van der Waals surface area contributed by atoms with E-state index in [1.807, 2.05) is 0 Å². The summed E-state index contributed by atoms with van der Waals surface area (Å²) >= 11 is 0. The van der Waals surface area contributed by atoms with Gasteiger partial charge in [-0.1, -0.05) is 20.8 Å². The second kappa shape index (κ2) is 16.0. The largest absolute Gasteiger partial charge is 0.377 e. The molecule has 0 aromatic heterocycles. The van der Waals surface area contributed by atoms with E-state index in [2.05, 4.69) is 0 Å². The van der Waals surface area contributed by atoms with Crippen LogP contribution >= 0.6 is 15.2 Å². The van der Waals surface area contributed by atoms with Crippen LogP contribution in [0.15, 0.2) is 0 Å². The van der Waals surface area contributed by atoms with Crippen LogP contribution in [0.1, 0.15) is 20.8 Å². The number of hydrogen-bond acceptors (Lipinski definition) is 8. The molecular weight excluding hydrogens is 402 g/mol. The molecule has 0 aliphatic heterocycles. The fourth-order valence-corrected chi connectivity index (χ4v) is 2.64. The molecule has 0 rings (SSSR count). The fourth-order valence-electron chi connectivity index (χ4n) is 1.47. The van der Waals surface area contributed by atoms with Gasteiger partial charge in [-0.25, -0.2) is 0 Å². The highest BCUT2D eigenvalue weighted by atomic mass is 31.2. The molecule has 0 aromatic rings. The molecule has 0 heterocycles. The lowest BCUT2D eigenvalue weighted by atomic mass is 10.6. The van der Waals surface area contributed by atoms with Gasteiger partial charge in [-0.15, -0.1) is 0 Å². The van der Waals surface area contributed by atoms with Crippen molar-refractivity contribution in [2.24, 2.45) is 0 Å². The van der Waals surface area contributed by atoms with Gasteiger partial charge in [-0.2, -0.15) is 0 Å². The molecule has 12 heteroatoms. The lowest BCUT2D eigenvalue weighted by Gasteiger charge is -2.15. The van der Waals surface area contributed by atoms with Crippen molar-refractivity contribution in [1.82, 2.24) is 0 Å². The Hall–Kier alpha value is 0.140. The first-order valence-corrected chi connectivity index (χ1v) is 12.4. The summed E-state index contributed by atoms with van der Waals surface area (Å²) < 4.78 is 53.4. The summed E-state index contributed by atoms with van der Waals surface area (Å²) in [5.74, 6) is 0. The van der Waals surface area contributed by atoms with Gasteiger partial charge in [0.2, 0.25) is 0 Å². The lowest BCUT2D eigenvalue weighted by molar-refractivity contribution is -0.00754. The van der Waals surface area contributed by atoms with Crippen molar-refractivity contribution in [3.8, 4) is 0 Å². The molecule has 10 nitrogen and oxygen atoms in total. The molecule has 0 amide bonds. The standard InChI is InChI=1S/C15H34O10P2/c1-4-26(16,17)24-13-11-22-9-7-20-5-6-21-8-10-23-12-14-25-27(18,19)15(2)3/h15H,4-14H2,1-3H3,(H,16,17)(H,18,19). The quantitative estimate of drug-likeness (QED) is 0.229. The predicted molar refractivity (Wildman–Crippen MR) is 101 cm³/mol. The summed E-state index contributed by atoms with van der Waals surface area (Å²) in [6.07, 6.45) is 0.0812. The zero-order valence-electron chi connectivity index (χ0n) is 16.4. The summed E-state index contributed by atoms with van der Waals surface area (Å²) in [7, 11) is -6.97. The average Bonchev–Trinajstić information content (AvgIpc) is 2.61. The van der Waals surface area contributed by atoms with Crippen LogP contribution < -0.4 is 0 Å². The molecule has 0 aliphatic carbocycles. The van der Waals surface area contributed by atoms with Crippen molar-refractivity contribution in [1.29, 1.82) is 0 Å². The molecule has 0 saturated carbocycles. The van der Waals surface area contributed by atoms with Crippen LogP contribution in [0.25, 0.3) is 0 Å². The monoisotopic (exact) mass is 436 g/mol. The predicted octanol–water partition coefficient (Wildman–Crippen LogP) is 1.89. The summed E-state index contributed by atoms with van der Waals surface area (Å²) in [4.78, 5) is 18.6. The second-order valence-electron chi connectivity index (χ2n) is 5.73. The van der Waals surface area contributed by atoms with E-state index in [0.717, 1.165) is 0 Å². The van der Waals surface area contributed by atoms with Crippen LogP contribution in [0.3, 0.4) is 0 Å².